The van der Waals surface area contributed by atoms with Crippen LogP contribution in [0, 0.1) is 0 Å². The van der Waals surface area contributed by atoms with Gasteiger partial charge in [-0.25, -0.2) is 4.79 Å². The zero-order valence-corrected chi connectivity index (χ0v) is 12.1. The van der Waals surface area contributed by atoms with Crippen molar-refractivity contribution >= 4 is 6.09 Å². The number of aliphatic hydroxyl groups is 1. The lowest BCUT2D eigenvalue weighted by Gasteiger charge is -2.38. The molecule has 1 amide bonds. The highest BCUT2D eigenvalue weighted by Crippen LogP contribution is 2.27. The van der Waals surface area contributed by atoms with Crippen molar-refractivity contribution in [3.63, 3.8) is 0 Å². The number of amides is 1. The summed E-state index contributed by atoms with van der Waals surface area (Å²) in [5.41, 5.74) is -0.438. The minimum Gasteiger partial charge on any atom is -0.444 e. The lowest BCUT2D eigenvalue weighted by Crippen LogP contribution is -2.45. The van der Waals surface area contributed by atoms with Crippen molar-refractivity contribution in [1.29, 1.82) is 0 Å². The minimum atomic E-state index is -0.438. The third kappa shape index (κ3) is 4.35. The predicted molar refractivity (Wildman–Crippen MR) is 70.9 cm³/mol. The minimum absolute atomic E-state index is 0.174. The largest absolute Gasteiger partial charge is 0.444 e. The number of hydrogen-bond acceptors (Lipinski definition) is 4. The maximum atomic E-state index is 11.9. The standard InChI is InChI=1S/C14H25NO4/c1-14(2,3)19-13(17)15-6-4-11(5-7-15)18-12-8-10(16)9-12/h10-12,16H,4-9H2,1-3H3. The van der Waals surface area contributed by atoms with Crippen molar-refractivity contribution in [3.8, 4) is 0 Å². The van der Waals surface area contributed by atoms with Gasteiger partial charge in [-0.05, 0) is 46.5 Å². The van der Waals surface area contributed by atoms with Crippen LogP contribution < -0.4 is 0 Å². The molecule has 5 nitrogen and oxygen atoms in total. The molecule has 1 N–H and O–H groups in total. The van der Waals surface area contributed by atoms with Gasteiger partial charge in [-0.1, -0.05) is 0 Å². The summed E-state index contributed by atoms with van der Waals surface area (Å²) in [7, 11) is 0. The lowest BCUT2D eigenvalue weighted by molar-refractivity contribution is -0.116. The Bertz CT molecular complexity index is 312. The summed E-state index contributed by atoms with van der Waals surface area (Å²) in [5, 5.41) is 9.22. The molecule has 1 aliphatic heterocycles. The molecule has 0 spiro atoms. The molecule has 0 aromatic carbocycles. The van der Waals surface area contributed by atoms with E-state index in [1.165, 1.54) is 0 Å². The van der Waals surface area contributed by atoms with Gasteiger partial charge in [-0.2, -0.15) is 0 Å². The van der Waals surface area contributed by atoms with Crippen molar-refractivity contribution < 1.29 is 19.4 Å². The van der Waals surface area contributed by atoms with E-state index in [4.69, 9.17) is 9.47 Å². The quantitative estimate of drug-likeness (QED) is 0.833. The first-order valence-corrected chi connectivity index (χ1v) is 7.15. The molecule has 2 aliphatic rings. The Balaban J connectivity index is 1.68. The normalized spacial score (nSPS) is 28.9. The number of hydrogen-bond donors (Lipinski definition) is 1. The van der Waals surface area contributed by atoms with Gasteiger partial charge in [-0.15, -0.1) is 0 Å². The van der Waals surface area contributed by atoms with Crippen molar-refractivity contribution in [2.24, 2.45) is 0 Å². The molecule has 5 heteroatoms. The van der Waals surface area contributed by atoms with E-state index in [-0.39, 0.29) is 24.4 Å². The smallest absolute Gasteiger partial charge is 0.410 e. The Labute approximate surface area is 114 Å². The molecule has 0 atom stereocenters. The van der Waals surface area contributed by atoms with Crippen LogP contribution in [0.4, 0.5) is 4.79 Å². The summed E-state index contributed by atoms with van der Waals surface area (Å²) in [6.45, 7) is 7.01. The molecule has 0 radical (unpaired) electrons. The SMILES string of the molecule is CC(C)(C)OC(=O)N1CCC(OC2CC(O)C2)CC1. The van der Waals surface area contributed by atoms with Crippen LogP contribution in [-0.4, -0.2) is 53.1 Å². The van der Waals surface area contributed by atoms with Crippen LogP contribution in [0.2, 0.25) is 0 Å². The van der Waals surface area contributed by atoms with E-state index in [1.807, 2.05) is 20.8 Å². The average molecular weight is 271 g/mol. The van der Waals surface area contributed by atoms with Gasteiger partial charge in [0.05, 0.1) is 18.3 Å². The second-order valence-electron chi connectivity index (χ2n) is 6.55. The fourth-order valence-corrected chi connectivity index (χ4v) is 2.42. The third-order valence-electron chi connectivity index (χ3n) is 3.55. The van der Waals surface area contributed by atoms with Gasteiger partial charge in [-0.3, -0.25) is 0 Å². The van der Waals surface area contributed by atoms with Gasteiger partial charge in [0.25, 0.3) is 0 Å². The maximum Gasteiger partial charge on any atom is 0.410 e. The first-order valence-electron chi connectivity index (χ1n) is 7.15. The number of likely N-dealkylation sites (tertiary alicyclic amines) is 1. The van der Waals surface area contributed by atoms with Crippen LogP contribution >= 0.6 is 0 Å². The molecule has 1 saturated heterocycles. The average Bonchev–Trinajstić information content (AvgIpc) is 2.25. The van der Waals surface area contributed by atoms with E-state index in [0.717, 1.165) is 25.7 Å². The molecule has 0 aromatic heterocycles. The molecule has 0 bridgehead atoms. The topological polar surface area (TPSA) is 59.0 Å². The molecule has 1 aliphatic carbocycles. The summed E-state index contributed by atoms with van der Waals surface area (Å²) in [4.78, 5) is 13.6. The zero-order chi connectivity index (χ0) is 14.0. The van der Waals surface area contributed by atoms with E-state index >= 15 is 0 Å². The van der Waals surface area contributed by atoms with Gasteiger partial charge >= 0.3 is 6.09 Å². The number of rotatable bonds is 2. The van der Waals surface area contributed by atoms with Crippen LogP contribution in [-0.2, 0) is 9.47 Å². The van der Waals surface area contributed by atoms with Crippen LogP contribution in [0.25, 0.3) is 0 Å². The second-order valence-corrected chi connectivity index (χ2v) is 6.55. The Morgan fingerprint density at radius 2 is 1.74 bits per heavy atom. The molecule has 19 heavy (non-hydrogen) atoms. The fraction of sp³-hybridized carbons (Fsp3) is 0.929. The molecule has 0 aromatic rings. The van der Waals surface area contributed by atoms with E-state index < -0.39 is 5.60 Å². The molecule has 2 fully saturated rings. The van der Waals surface area contributed by atoms with Crippen molar-refractivity contribution in [2.75, 3.05) is 13.1 Å². The van der Waals surface area contributed by atoms with E-state index in [1.54, 1.807) is 4.90 Å². The number of carbonyl (C=O) groups excluding carboxylic acids is 1. The molecule has 0 unspecified atom stereocenters. The first-order chi connectivity index (χ1) is 8.83. The highest BCUT2D eigenvalue weighted by atomic mass is 16.6. The Hall–Kier alpha value is -0.810. The molecule has 1 heterocycles. The van der Waals surface area contributed by atoms with E-state index in [9.17, 15) is 9.90 Å². The molecular weight excluding hydrogens is 246 g/mol. The summed E-state index contributed by atoms with van der Waals surface area (Å²) < 4.78 is 11.2. The van der Waals surface area contributed by atoms with Crippen molar-refractivity contribution in [3.05, 3.63) is 0 Å². The van der Waals surface area contributed by atoms with Gasteiger partial charge in [0, 0.05) is 13.1 Å². The van der Waals surface area contributed by atoms with Gasteiger partial charge in [0.15, 0.2) is 0 Å². The lowest BCUT2D eigenvalue weighted by atomic mass is 9.92. The molecule has 1 saturated carbocycles. The number of ether oxygens (including phenoxy) is 2. The highest BCUT2D eigenvalue weighted by Gasteiger charge is 2.33. The Morgan fingerprint density at radius 1 is 1.16 bits per heavy atom. The van der Waals surface area contributed by atoms with E-state index in [0.29, 0.717) is 13.1 Å². The highest BCUT2D eigenvalue weighted by molar-refractivity contribution is 5.68. The Morgan fingerprint density at radius 3 is 2.21 bits per heavy atom. The number of aliphatic hydroxyl groups excluding tert-OH is 1. The third-order valence-corrected chi connectivity index (χ3v) is 3.55. The first kappa shape index (κ1) is 14.6. The van der Waals surface area contributed by atoms with Gasteiger partial charge in [0.2, 0.25) is 0 Å². The number of piperidine rings is 1. The van der Waals surface area contributed by atoms with Crippen LogP contribution in [0.5, 0.6) is 0 Å². The van der Waals surface area contributed by atoms with Gasteiger partial charge in [0.1, 0.15) is 5.60 Å². The number of nitrogens with zero attached hydrogens (tertiary/aromatic N) is 1. The summed E-state index contributed by atoms with van der Waals surface area (Å²) >= 11 is 0. The fourth-order valence-electron chi connectivity index (χ4n) is 2.42. The Kier molecular flexibility index (Phi) is 4.36. The summed E-state index contributed by atoms with van der Waals surface area (Å²) in [6, 6.07) is 0. The molecular formula is C14H25NO4. The molecule has 110 valence electrons. The van der Waals surface area contributed by atoms with Crippen LogP contribution in [0.1, 0.15) is 46.5 Å². The molecule has 2 rings (SSSR count). The van der Waals surface area contributed by atoms with E-state index in [2.05, 4.69) is 0 Å². The maximum absolute atomic E-state index is 11.9. The van der Waals surface area contributed by atoms with Crippen LogP contribution in [0.3, 0.4) is 0 Å². The summed E-state index contributed by atoms with van der Waals surface area (Å²) in [6.07, 6.45) is 3.25. The van der Waals surface area contributed by atoms with Crippen LogP contribution in [0.15, 0.2) is 0 Å². The monoisotopic (exact) mass is 271 g/mol. The van der Waals surface area contributed by atoms with Crippen molar-refractivity contribution in [2.45, 2.75) is 70.4 Å². The second kappa shape index (κ2) is 5.67. The summed E-state index contributed by atoms with van der Waals surface area (Å²) in [5.74, 6) is 0. The van der Waals surface area contributed by atoms with Gasteiger partial charge < -0.3 is 19.5 Å². The van der Waals surface area contributed by atoms with Crippen molar-refractivity contribution in [1.82, 2.24) is 4.90 Å². The number of carbonyl (C=O) groups is 1. The predicted octanol–water partition coefficient (Wildman–Crippen LogP) is 1.93. The zero-order valence-electron chi connectivity index (χ0n) is 12.1.